The van der Waals surface area contributed by atoms with Crippen LogP contribution < -0.4 is 5.73 Å². The molecule has 4 aromatic rings. The van der Waals surface area contributed by atoms with Gasteiger partial charge in [-0.25, -0.2) is 14.5 Å². The van der Waals surface area contributed by atoms with Gasteiger partial charge in [0, 0.05) is 25.0 Å². The van der Waals surface area contributed by atoms with Crippen LogP contribution in [0.2, 0.25) is 0 Å². The Balaban J connectivity index is 1.00. The van der Waals surface area contributed by atoms with Crippen molar-refractivity contribution in [3.05, 3.63) is 53.7 Å². The molecule has 10 heteroatoms. The minimum atomic E-state index is -0.675. The van der Waals surface area contributed by atoms with Crippen LogP contribution in [0, 0.1) is 5.92 Å². The number of nitrogen functional groups attached to an aromatic ring is 1. The van der Waals surface area contributed by atoms with Crippen molar-refractivity contribution in [2.45, 2.75) is 122 Å². The molecule has 0 bridgehead atoms. The molecule has 1 saturated carbocycles. The van der Waals surface area contributed by atoms with Gasteiger partial charge >= 0.3 is 0 Å². The Morgan fingerprint density at radius 2 is 1.89 bits per heavy atom. The van der Waals surface area contributed by atoms with Gasteiger partial charge in [0.25, 0.3) is 0 Å². The van der Waals surface area contributed by atoms with E-state index in [-0.39, 0.29) is 29.8 Å². The molecule has 10 nitrogen and oxygen atoms in total. The zero-order valence-electron chi connectivity index (χ0n) is 27.1. The van der Waals surface area contributed by atoms with Gasteiger partial charge in [0.15, 0.2) is 11.6 Å². The molecule has 3 fully saturated rings. The Morgan fingerprint density at radius 3 is 2.64 bits per heavy atom. The summed E-state index contributed by atoms with van der Waals surface area (Å²) in [6.45, 7) is 16.1. The maximum Gasteiger partial charge on any atom is 0.164 e. The lowest BCUT2D eigenvalue weighted by molar-refractivity contribution is -0.191. The molecule has 0 spiro atoms. The maximum absolute atomic E-state index is 6.78. The van der Waals surface area contributed by atoms with E-state index in [0.717, 1.165) is 47.5 Å². The second-order valence-electron chi connectivity index (χ2n) is 14.8. The predicted molar refractivity (Wildman–Crippen MR) is 170 cm³/mol. The largest absolute Gasteiger partial charge is 0.382 e. The van der Waals surface area contributed by atoms with Crippen LogP contribution >= 0.6 is 0 Å². The molecule has 3 aromatic heterocycles. The number of aromatic amines is 1. The summed E-state index contributed by atoms with van der Waals surface area (Å²) in [6, 6.07) is 11.5. The highest BCUT2D eigenvalue weighted by atomic mass is 16.8. The monoisotopic (exact) mass is 601 g/mol. The first-order chi connectivity index (χ1) is 20.9. The van der Waals surface area contributed by atoms with Crippen LogP contribution in [0.5, 0.6) is 0 Å². The van der Waals surface area contributed by atoms with Crippen molar-refractivity contribution in [1.82, 2.24) is 29.5 Å². The van der Waals surface area contributed by atoms with Crippen LogP contribution in [-0.4, -0.2) is 72.2 Å². The number of anilines is 1. The van der Waals surface area contributed by atoms with E-state index >= 15 is 0 Å². The summed E-state index contributed by atoms with van der Waals surface area (Å²) in [5.41, 5.74) is 11.4. The number of nitrogens with zero attached hydrogens (tertiary/aromatic N) is 5. The molecule has 0 unspecified atom stereocenters. The van der Waals surface area contributed by atoms with Crippen LogP contribution in [-0.2, 0) is 26.0 Å². The van der Waals surface area contributed by atoms with Gasteiger partial charge < -0.3 is 24.9 Å². The molecule has 0 amide bonds. The molecule has 236 valence electrons. The number of imidazole rings is 1. The van der Waals surface area contributed by atoms with Gasteiger partial charge in [0.1, 0.15) is 42.1 Å². The van der Waals surface area contributed by atoms with Gasteiger partial charge in [0.2, 0.25) is 0 Å². The topological polar surface area (TPSA) is 116 Å². The molecule has 3 N–H and O–H groups in total. The first-order valence-electron chi connectivity index (χ1n) is 16.2. The summed E-state index contributed by atoms with van der Waals surface area (Å²) < 4.78 is 21.5. The van der Waals surface area contributed by atoms with E-state index in [0.29, 0.717) is 23.8 Å². The fourth-order valence-corrected chi connectivity index (χ4v) is 7.44. The smallest absolute Gasteiger partial charge is 0.164 e. The molecule has 7 rings (SSSR count). The van der Waals surface area contributed by atoms with Crippen LogP contribution in [0.25, 0.3) is 16.6 Å². The van der Waals surface area contributed by atoms with Gasteiger partial charge in [-0.1, -0.05) is 26.8 Å². The summed E-state index contributed by atoms with van der Waals surface area (Å²) in [4.78, 5) is 15.2. The van der Waals surface area contributed by atoms with Crippen molar-refractivity contribution < 1.29 is 14.2 Å². The third-order valence-corrected chi connectivity index (χ3v) is 9.87. The molecule has 3 aliphatic rings. The van der Waals surface area contributed by atoms with E-state index in [1.807, 2.05) is 30.5 Å². The number of benzene rings is 1. The number of hydrogen-bond donors (Lipinski definition) is 2. The predicted octanol–water partition coefficient (Wildman–Crippen LogP) is 5.57. The zero-order chi connectivity index (χ0) is 31.0. The Hall–Kier alpha value is -3.05. The van der Waals surface area contributed by atoms with E-state index in [9.17, 15) is 0 Å². The first kappa shape index (κ1) is 29.6. The van der Waals surface area contributed by atoms with Crippen molar-refractivity contribution in [2.75, 3.05) is 12.3 Å². The number of hydrogen-bond acceptors (Lipinski definition) is 8. The lowest BCUT2D eigenvalue weighted by Gasteiger charge is -2.46. The quantitative estimate of drug-likeness (QED) is 0.270. The number of ether oxygens (including phenoxy) is 3. The van der Waals surface area contributed by atoms with E-state index in [1.165, 1.54) is 24.7 Å². The SMILES string of the molecule is CC(C)N(C[C@H]1O[C@@H](c2ccc3c(N)ncnn23)[C@@H]2OC(C)(C)O[C@@H]21)C1CC(CCc2nc3cc(C(C)(C)C)ccc3[nH]2)C1. The fourth-order valence-electron chi connectivity index (χ4n) is 7.44. The van der Waals surface area contributed by atoms with E-state index in [1.54, 1.807) is 0 Å². The number of fused-ring (bicyclic) bond motifs is 3. The van der Waals surface area contributed by atoms with Gasteiger partial charge in [-0.05, 0) is 88.1 Å². The Morgan fingerprint density at radius 1 is 1.11 bits per heavy atom. The van der Waals surface area contributed by atoms with Crippen LogP contribution in [0.4, 0.5) is 5.82 Å². The fraction of sp³-hybridized carbons (Fsp3) is 0.618. The maximum atomic E-state index is 6.78. The van der Waals surface area contributed by atoms with Crippen molar-refractivity contribution in [2.24, 2.45) is 5.92 Å². The molecule has 0 radical (unpaired) electrons. The van der Waals surface area contributed by atoms with Crippen molar-refractivity contribution >= 4 is 22.4 Å². The second-order valence-corrected chi connectivity index (χ2v) is 14.8. The number of aromatic nitrogens is 5. The number of nitrogens with one attached hydrogen (secondary N) is 1. The lowest BCUT2D eigenvalue weighted by atomic mass is 9.76. The summed E-state index contributed by atoms with van der Waals surface area (Å²) in [6.07, 6.45) is 5.18. The minimum absolute atomic E-state index is 0.119. The molecule has 2 aliphatic heterocycles. The standard InChI is InChI=1S/C34H47N7O3/c1-19(2)40(22-14-20(15-22)8-13-28-38-23-10-9-21(33(3,4)5)16-24(23)39-28)17-27-30-31(44-34(6,7)43-30)29(42-27)25-11-12-26-32(35)36-18-37-41(25)26/h9-12,16,18-20,22,27,29-31H,8,13-15,17H2,1-7H3,(H,38,39)(H2,35,36,37)/t20?,22?,27-,29+,30-,31+/m1/s1. The van der Waals surface area contributed by atoms with E-state index < -0.39 is 5.79 Å². The summed E-state index contributed by atoms with van der Waals surface area (Å²) in [5, 5.41) is 4.47. The molecule has 1 aromatic carbocycles. The van der Waals surface area contributed by atoms with Crippen LogP contribution in [0.3, 0.4) is 0 Å². The molecular weight excluding hydrogens is 554 g/mol. The number of H-pyrrole nitrogens is 1. The van der Waals surface area contributed by atoms with E-state index in [4.69, 9.17) is 24.9 Å². The Bertz CT molecular complexity index is 1650. The number of nitrogens with two attached hydrogens (primary N) is 1. The first-order valence-corrected chi connectivity index (χ1v) is 16.2. The molecule has 2 saturated heterocycles. The highest BCUT2D eigenvalue weighted by molar-refractivity contribution is 5.76. The number of rotatable bonds is 8. The molecular formula is C34H47N7O3. The summed E-state index contributed by atoms with van der Waals surface area (Å²) in [7, 11) is 0. The summed E-state index contributed by atoms with van der Waals surface area (Å²) >= 11 is 0. The summed E-state index contributed by atoms with van der Waals surface area (Å²) in [5.74, 6) is 1.57. The Labute approximate surface area is 259 Å². The zero-order valence-corrected chi connectivity index (χ0v) is 27.1. The van der Waals surface area contributed by atoms with Gasteiger partial charge in [-0.3, -0.25) is 4.90 Å². The minimum Gasteiger partial charge on any atom is -0.382 e. The molecule has 44 heavy (non-hydrogen) atoms. The highest BCUT2D eigenvalue weighted by Gasteiger charge is 2.57. The normalized spacial score (nSPS) is 28.4. The van der Waals surface area contributed by atoms with Crippen molar-refractivity contribution in [1.29, 1.82) is 0 Å². The average molecular weight is 602 g/mol. The molecule has 4 atom stereocenters. The van der Waals surface area contributed by atoms with Gasteiger partial charge in [-0.15, -0.1) is 0 Å². The molecule has 1 aliphatic carbocycles. The van der Waals surface area contributed by atoms with Crippen molar-refractivity contribution in [3.8, 4) is 0 Å². The highest BCUT2D eigenvalue weighted by Crippen LogP contribution is 2.46. The lowest BCUT2D eigenvalue weighted by Crippen LogP contribution is -2.52. The molecule has 5 heterocycles. The second kappa shape index (κ2) is 10.8. The van der Waals surface area contributed by atoms with Gasteiger partial charge in [-0.2, -0.15) is 5.10 Å². The van der Waals surface area contributed by atoms with Crippen LogP contribution in [0.1, 0.15) is 90.9 Å². The van der Waals surface area contributed by atoms with E-state index in [2.05, 4.69) is 72.8 Å². The van der Waals surface area contributed by atoms with Crippen molar-refractivity contribution in [3.63, 3.8) is 0 Å². The number of aryl methyl sites for hydroxylation is 1. The van der Waals surface area contributed by atoms with Crippen LogP contribution in [0.15, 0.2) is 36.7 Å². The van der Waals surface area contributed by atoms with Gasteiger partial charge in [0.05, 0.1) is 16.7 Å². The Kier molecular flexibility index (Phi) is 7.27. The average Bonchev–Trinajstić information content (AvgIpc) is 3.68. The third kappa shape index (κ3) is 5.40. The third-order valence-electron chi connectivity index (χ3n) is 9.87.